The van der Waals surface area contributed by atoms with Crippen LogP contribution < -0.4 is 0 Å². The van der Waals surface area contributed by atoms with E-state index < -0.39 is 0 Å². The molecule has 1 heterocycles. The van der Waals surface area contributed by atoms with Crippen LogP contribution in [0.3, 0.4) is 0 Å². The van der Waals surface area contributed by atoms with Gasteiger partial charge in [0.05, 0.1) is 5.41 Å². The van der Waals surface area contributed by atoms with Crippen LogP contribution in [0.15, 0.2) is 94.7 Å². The molecular weight excluding hydrogens is 380 g/mol. The molecule has 30 heavy (non-hydrogen) atoms. The van der Waals surface area contributed by atoms with Gasteiger partial charge in [-0.2, -0.15) is 0 Å². The Kier molecular flexibility index (Phi) is 3.98. The highest BCUT2D eigenvalue weighted by molar-refractivity contribution is 7.99. The second-order valence-corrected chi connectivity index (χ2v) is 9.33. The van der Waals surface area contributed by atoms with Gasteiger partial charge in [-0.15, -0.1) is 0 Å². The fourth-order valence-corrected chi connectivity index (χ4v) is 6.91. The van der Waals surface area contributed by atoms with Gasteiger partial charge in [-0.1, -0.05) is 104 Å². The maximum Gasteiger partial charge on any atom is 0.0735 e. The van der Waals surface area contributed by atoms with Crippen LogP contribution in [0.1, 0.15) is 47.2 Å². The van der Waals surface area contributed by atoms with Crippen molar-refractivity contribution in [2.45, 2.75) is 41.9 Å². The quantitative estimate of drug-likeness (QED) is 0.286. The maximum atomic E-state index is 2.50. The summed E-state index contributed by atoms with van der Waals surface area (Å²) in [5.41, 5.74) is 11.2. The van der Waals surface area contributed by atoms with Gasteiger partial charge in [-0.25, -0.2) is 0 Å². The lowest BCUT2D eigenvalue weighted by atomic mass is 9.66. The maximum absolute atomic E-state index is 2.50. The molecule has 0 aromatic heterocycles. The van der Waals surface area contributed by atoms with E-state index in [9.17, 15) is 0 Å². The third-order valence-corrected chi connectivity index (χ3v) is 8.14. The number of benzene rings is 4. The van der Waals surface area contributed by atoms with Crippen molar-refractivity contribution in [3.05, 3.63) is 118 Å². The van der Waals surface area contributed by atoms with Gasteiger partial charge < -0.3 is 0 Å². The number of aryl methyl sites for hydroxylation is 2. The first-order valence-electron chi connectivity index (χ1n) is 10.9. The lowest BCUT2D eigenvalue weighted by Crippen LogP contribution is -2.32. The summed E-state index contributed by atoms with van der Waals surface area (Å²) >= 11 is 1.96. The van der Waals surface area contributed by atoms with Gasteiger partial charge in [-0.3, -0.25) is 0 Å². The van der Waals surface area contributed by atoms with Gasteiger partial charge in [0.25, 0.3) is 0 Å². The van der Waals surface area contributed by atoms with Crippen LogP contribution >= 0.6 is 11.8 Å². The van der Waals surface area contributed by atoms with Crippen LogP contribution in [0.2, 0.25) is 0 Å². The molecule has 0 saturated carbocycles. The van der Waals surface area contributed by atoms with E-state index in [-0.39, 0.29) is 5.41 Å². The summed E-state index contributed by atoms with van der Waals surface area (Å²) in [6, 6.07) is 32.1. The van der Waals surface area contributed by atoms with Crippen molar-refractivity contribution in [3.63, 3.8) is 0 Å². The SMILES string of the molecule is CCc1cc(CC)c2c(c1)C1(c3ccccc3S2)c2ccccc2-c2ccccc21. The van der Waals surface area contributed by atoms with Gasteiger partial charge in [0.15, 0.2) is 0 Å². The first kappa shape index (κ1) is 18.0. The molecule has 0 fully saturated rings. The Bertz CT molecular complexity index is 1250. The minimum absolute atomic E-state index is 0.237. The van der Waals surface area contributed by atoms with Gasteiger partial charge in [0, 0.05) is 9.79 Å². The fourth-order valence-electron chi connectivity index (χ4n) is 5.56. The molecule has 0 atom stereocenters. The summed E-state index contributed by atoms with van der Waals surface area (Å²) in [6.07, 6.45) is 2.12. The largest absolute Gasteiger partial charge is 0.0891 e. The smallest absolute Gasteiger partial charge is 0.0735 e. The predicted molar refractivity (Wildman–Crippen MR) is 127 cm³/mol. The monoisotopic (exact) mass is 404 g/mol. The molecule has 0 bridgehead atoms. The average molecular weight is 405 g/mol. The topological polar surface area (TPSA) is 0 Å². The molecule has 0 N–H and O–H groups in total. The molecule has 0 amide bonds. The highest BCUT2D eigenvalue weighted by Gasteiger charge is 2.50. The summed E-state index contributed by atoms with van der Waals surface area (Å²) in [6.45, 7) is 4.56. The van der Waals surface area contributed by atoms with Crippen molar-refractivity contribution in [2.75, 3.05) is 0 Å². The van der Waals surface area contributed by atoms with Crippen LogP contribution in [0.25, 0.3) is 11.1 Å². The fraction of sp³-hybridized carbons (Fsp3) is 0.172. The van der Waals surface area contributed by atoms with E-state index in [1.807, 2.05) is 11.8 Å². The summed E-state index contributed by atoms with van der Waals surface area (Å²) in [5.74, 6) is 0. The standard InChI is InChI=1S/C29H24S/c1-3-19-17-20(4-2)28-26(18-19)29(25-15-9-10-16-27(25)30-28)23-13-7-5-11-21(23)22-12-6-8-14-24(22)29/h5-18H,3-4H2,1-2H3. The number of hydrogen-bond acceptors (Lipinski definition) is 1. The summed E-state index contributed by atoms with van der Waals surface area (Å²) < 4.78 is 0. The Labute approximate surface area is 183 Å². The van der Waals surface area contributed by atoms with Gasteiger partial charge in [0.2, 0.25) is 0 Å². The molecule has 1 spiro atoms. The highest BCUT2D eigenvalue weighted by Crippen LogP contribution is 2.62. The van der Waals surface area contributed by atoms with Crippen LogP contribution in [0, 0.1) is 0 Å². The molecule has 4 aromatic rings. The Balaban J connectivity index is 1.85. The van der Waals surface area contributed by atoms with Crippen LogP contribution in [0.4, 0.5) is 0 Å². The van der Waals surface area contributed by atoms with Crippen molar-refractivity contribution in [3.8, 4) is 11.1 Å². The van der Waals surface area contributed by atoms with E-state index in [0.29, 0.717) is 0 Å². The van der Waals surface area contributed by atoms with Crippen molar-refractivity contribution < 1.29 is 0 Å². The lowest BCUT2D eigenvalue weighted by molar-refractivity contribution is 0.714. The molecule has 0 radical (unpaired) electrons. The Morgan fingerprint density at radius 1 is 0.633 bits per heavy atom. The Hall–Kier alpha value is -2.77. The van der Waals surface area contributed by atoms with Gasteiger partial charge in [-0.05, 0) is 63.4 Å². The van der Waals surface area contributed by atoms with E-state index in [0.717, 1.165) is 12.8 Å². The lowest BCUT2D eigenvalue weighted by Gasteiger charge is -2.40. The van der Waals surface area contributed by atoms with Crippen LogP contribution in [0.5, 0.6) is 0 Å². The zero-order valence-corrected chi connectivity index (χ0v) is 18.2. The van der Waals surface area contributed by atoms with Crippen LogP contribution in [-0.2, 0) is 18.3 Å². The molecule has 146 valence electrons. The highest BCUT2D eigenvalue weighted by atomic mass is 32.2. The summed E-state index contributed by atoms with van der Waals surface area (Å²) in [5, 5.41) is 0. The molecular formula is C29H24S. The predicted octanol–water partition coefficient (Wildman–Crippen LogP) is 7.64. The Morgan fingerprint density at radius 3 is 1.87 bits per heavy atom. The second-order valence-electron chi connectivity index (χ2n) is 8.28. The van der Waals surface area contributed by atoms with Crippen molar-refractivity contribution >= 4 is 11.8 Å². The molecule has 4 aromatic carbocycles. The average Bonchev–Trinajstić information content (AvgIpc) is 3.10. The van der Waals surface area contributed by atoms with Crippen molar-refractivity contribution in [1.29, 1.82) is 0 Å². The third kappa shape index (κ3) is 2.19. The molecule has 1 aliphatic heterocycles. The molecule has 1 heteroatoms. The van der Waals surface area contributed by atoms with E-state index in [1.165, 1.54) is 54.3 Å². The molecule has 2 aliphatic rings. The normalized spacial score (nSPS) is 14.7. The minimum atomic E-state index is -0.237. The first-order valence-corrected chi connectivity index (χ1v) is 11.7. The summed E-state index contributed by atoms with van der Waals surface area (Å²) in [7, 11) is 0. The second kappa shape index (κ2) is 6.62. The van der Waals surface area contributed by atoms with Crippen molar-refractivity contribution in [2.24, 2.45) is 0 Å². The van der Waals surface area contributed by atoms with Crippen molar-refractivity contribution in [1.82, 2.24) is 0 Å². The molecule has 1 aliphatic carbocycles. The zero-order valence-electron chi connectivity index (χ0n) is 17.4. The van der Waals surface area contributed by atoms with Crippen LogP contribution in [-0.4, -0.2) is 0 Å². The molecule has 0 saturated heterocycles. The molecule has 0 nitrogen and oxygen atoms in total. The van der Waals surface area contributed by atoms with E-state index in [2.05, 4.69) is 98.8 Å². The Morgan fingerprint density at radius 2 is 1.23 bits per heavy atom. The molecule has 0 unspecified atom stereocenters. The van der Waals surface area contributed by atoms with Gasteiger partial charge >= 0.3 is 0 Å². The zero-order chi connectivity index (χ0) is 20.3. The summed E-state index contributed by atoms with van der Waals surface area (Å²) in [4.78, 5) is 2.84. The number of hydrogen-bond donors (Lipinski definition) is 0. The van der Waals surface area contributed by atoms with Gasteiger partial charge in [0.1, 0.15) is 0 Å². The van der Waals surface area contributed by atoms with E-state index >= 15 is 0 Å². The minimum Gasteiger partial charge on any atom is -0.0891 e. The third-order valence-electron chi connectivity index (χ3n) is 6.87. The first-order chi connectivity index (χ1) is 14.8. The number of fused-ring (bicyclic) bond motifs is 9. The van der Waals surface area contributed by atoms with E-state index in [1.54, 1.807) is 0 Å². The van der Waals surface area contributed by atoms with E-state index in [4.69, 9.17) is 0 Å². The number of rotatable bonds is 2. The molecule has 6 rings (SSSR count).